The van der Waals surface area contributed by atoms with E-state index in [0.717, 1.165) is 0 Å². The number of rotatable bonds is 1. The molecule has 0 fully saturated rings. The average molecular weight is 247 g/mol. The summed E-state index contributed by atoms with van der Waals surface area (Å²) in [4.78, 5) is 8.93. The first-order valence-corrected chi connectivity index (χ1v) is 1.03. The van der Waals surface area contributed by atoms with E-state index in [0.29, 0.717) is 0 Å². The molecule has 0 aliphatic carbocycles. The third-order valence-corrected chi connectivity index (χ3v) is 0.177. The number of hydrogen-bond donors (Lipinski definition) is 1. The van der Waals surface area contributed by atoms with Gasteiger partial charge in [-0.25, -0.2) is 0 Å². The zero-order chi connectivity index (χ0) is 4.28. The van der Waals surface area contributed by atoms with Gasteiger partial charge in [-0.1, -0.05) is 4.39 Å². The second kappa shape index (κ2) is 15.6. The normalized spacial score (nSPS) is 4.12. The Morgan fingerprint density at radius 1 is 1.50 bits per heavy atom. The average Bonchev–Trinajstić information content (AvgIpc) is 1.38. The minimum absolute atomic E-state index is 0. The Balaban J connectivity index is -0.0000000267. The van der Waals surface area contributed by atoms with Gasteiger partial charge in [0.1, 0.15) is 4.91 Å². The van der Waals surface area contributed by atoms with Gasteiger partial charge in [-0.15, -0.1) is 0 Å². The fourth-order valence-corrected chi connectivity index (χ4v) is 0. The summed E-state index contributed by atoms with van der Waals surface area (Å²) in [5.41, 5.74) is 0. The summed E-state index contributed by atoms with van der Waals surface area (Å²) < 4.78 is 3.06. The quantitative estimate of drug-likeness (QED) is 0.496. The zero-order valence-electron chi connectivity index (χ0n) is 4.00. The van der Waals surface area contributed by atoms with Crippen molar-refractivity contribution in [3.63, 3.8) is 0 Å². The molecule has 0 spiro atoms. The van der Waals surface area contributed by atoms with Crippen molar-refractivity contribution in [3.8, 4) is 0 Å². The van der Waals surface area contributed by atoms with Gasteiger partial charge in [-0.3, -0.25) is 0 Å². The van der Waals surface area contributed by atoms with Crippen molar-refractivity contribution in [3.05, 3.63) is 4.91 Å². The first kappa shape index (κ1) is 23.4. The monoisotopic (exact) mass is 244 g/mol. The van der Waals surface area contributed by atoms with Crippen LogP contribution in [0.4, 0.5) is 0 Å². The summed E-state index contributed by atoms with van der Waals surface area (Å²) in [7, 11) is 0. The van der Waals surface area contributed by atoms with Gasteiger partial charge in [0.2, 0.25) is 11.9 Å². The molecule has 0 aliphatic heterocycles. The summed E-state index contributed by atoms with van der Waals surface area (Å²) in [6.07, 6.45) is 0. The molecule has 0 aromatic rings. The third-order valence-electron chi connectivity index (χ3n) is 0.0590. The second-order valence-electron chi connectivity index (χ2n) is 0.307. The van der Waals surface area contributed by atoms with E-state index in [9.17, 15) is 0 Å². The van der Waals surface area contributed by atoms with Crippen LogP contribution in [-0.4, -0.2) is 15.8 Å². The molecule has 8 heavy (non-hydrogen) atoms. The van der Waals surface area contributed by atoms with Crippen LogP contribution in [0.3, 0.4) is 0 Å². The largest absolute Gasteiger partial charge is 0.495 e. The Morgan fingerprint density at radius 3 is 1.62 bits per heavy atom. The maximum atomic E-state index is 8.93. The SMILES string of the molecule is O.O=[N+](O)OCl.[Zn].[Zn]. The summed E-state index contributed by atoms with van der Waals surface area (Å²) >= 11 is 4.20. The van der Waals surface area contributed by atoms with E-state index in [1.165, 1.54) is 0 Å². The smallest absolute Gasteiger partial charge is 0.412 e. The Labute approximate surface area is 75.8 Å². The maximum Gasteiger partial charge on any atom is 0.495 e. The number of halogens is 1. The fourth-order valence-electron chi connectivity index (χ4n) is 0. The van der Waals surface area contributed by atoms with Crippen LogP contribution >= 0.6 is 11.9 Å². The minimum Gasteiger partial charge on any atom is -0.412 e. The Morgan fingerprint density at radius 2 is 1.62 bits per heavy atom. The van der Waals surface area contributed by atoms with Crippen LogP contribution in [0.15, 0.2) is 0 Å². The van der Waals surface area contributed by atoms with E-state index in [2.05, 4.69) is 16.3 Å². The summed E-state index contributed by atoms with van der Waals surface area (Å²) in [6.45, 7) is 0. The number of hydrogen-bond acceptors (Lipinski definition) is 2. The van der Waals surface area contributed by atoms with E-state index in [1.807, 2.05) is 0 Å². The van der Waals surface area contributed by atoms with Gasteiger partial charge in [-0.2, -0.15) is 5.21 Å². The fraction of sp³-hybridized carbons (Fsp3) is 0. The van der Waals surface area contributed by atoms with E-state index < -0.39 is 5.09 Å². The van der Waals surface area contributed by atoms with Crippen molar-refractivity contribution < 1.29 is 59.1 Å². The molecule has 0 saturated carbocycles. The Kier molecular flexibility index (Phi) is 45.7. The van der Waals surface area contributed by atoms with Crippen molar-refractivity contribution in [1.29, 1.82) is 0 Å². The van der Waals surface area contributed by atoms with Crippen molar-refractivity contribution in [1.82, 2.24) is 0 Å². The molecule has 0 atom stereocenters. The summed E-state index contributed by atoms with van der Waals surface area (Å²) in [5.74, 6) is 0. The van der Waals surface area contributed by atoms with Crippen molar-refractivity contribution in [2.45, 2.75) is 0 Å². The molecule has 0 bridgehead atoms. The molecule has 0 aromatic carbocycles. The van der Waals surface area contributed by atoms with E-state index in [1.54, 1.807) is 0 Å². The van der Waals surface area contributed by atoms with Gasteiger partial charge in [0.05, 0.1) is 0 Å². The molecule has 42 valence electrons. The summed E-state index contributed by atoms with van der Waals surface area (Å²) in [5, 5.41) is 6.43. The van der Waals surface area contributed by atoms with Crippen molar-refractivity contribution >= 4 is 11.9 Å². The minimum atomic E-state index is -0.860. The van der Waals surface area contributed by atoms with Gasteiger partial charge in [-0.05, 0) is 0 Å². The molecule has 8 heteroatoms. The molecule has 5 nitrogen and oxygen atoms in total. The molecule has 0 aliphatic rings. The third kappa shape index (κ3) is 29.9. The molecule has 0 rings (SSSR count). The predicted molar refractivity (Wildman–Crippen MR) is 16.0 cm³/mol. The van der Waals surface area contributed by atoms with Crippen LogP contribution in [-0.2, 0) is 43.3 Å². The topological polar surface area (TPSA) is 81.0 Å². The van der Waals surface area contributed by atoms with Gasteiger partial charge < -0.3 is 5.48 Å². The molecule has 0 heterocycles. The van der Waals surface area contributed by atoms with Gasteiger partial charge >= 0.3 is 5.09 Å². The number of nitrogens with zero attached hydrogens (tertiary/aromatic N) is 1. The summed E-state index contributed by atoms with van der Waals surface area (Å²) in [6, 6.07) is 0. The van der Waals surface area contributed by atoms with E-state index in [4.69, 9.17) is 10.1 Å². The molecule has 0 radical (unpaired) electrons. The zero-order valence-corrected chi connectivity index (χ0v) is 10.7. The van der Waals surface area contributed by atoms with Crippen molar-refractivity contribution in [2.75, 3.05) is 0 Å². The predicted octanol–water partition coefficient (Wildman–Crippen LogP) is -0.590. The van der Waals surface area contributed by atoms with Crippen LogP contribution in [0.2, 0.25) is 0 Å². The Hall–Kier alpha value is 0.697. The van der Waals surface area contributed by atoms with Crippen molar-refractivity contribution in [2.24, 2.45) is 0 Å². The molecule has 0 unspecified atom stereocenters. The van der Waals surface area contributed by atoms with Crippen LogP contribution < -0.4 is 0 Å². The van der Waals surface area contributed by atoms with Gasteiger partial charge in [0, 0.05) is 39.0 Å². The first-order valence-electron chi connectivity index (χ1n) is 0.719. The first-order chi connectivity index (χ1) is 2.27. The molecular weight excluding hydrogens is 244 g/mol. The maximum absolute atomic E-state index is 8.93. The van der Waals surface area contributed by atoms with Gasteiger partial charge in [0.15, 0.2) is 0 Å². The molecule has 0 amide bonds. The molecular formula is H3ClNO4Zn2+. The van der Waals surface area contributed by atoms with E-state index in [-0.39, 0.29) is 44.4 Å². The molecule has 0 saturated heterocycles. The van der Waals surface area contributed by atoms with Crippen LogP contribution in [0.5, 0.6) is 0 Å². The van der Waals surface area contributed by atoms with Crippen LogP contribution in [0.1, 0.15) is 0 Å². The molecule has 0 aromatic heterocycles. The van der Waals surface area contributed by atoms with Crippen LogP contribution in [0.25, 0.3) is 0 Å². The molecule has 3 N–H and O–H groups in total. The second-order valence-corrected chi connectivity index (χ2v) is 0.445. The van der Waals surface area contributed by atoms with E-state index >= 15 is 0 Å². The van der Waals surface area contributed by atoms with Gasteiger partial charge in [0.25, 0.3) is 0 Å². The van der Waals surface area contributed by atoms with Crippen LogP contribution in [0, 0.1) is 4.91 Å². The Bertz CT molecular complexity index is 49.3. The standard InChI is InChI=1S/ClHNO3.H2O.2Zn/c1-5-2(3)4;;;/h(H,3,4);1H2;;/q+1;;;.